The van der Waals surface area contributed by atoms with E-state index >= 15 is 0 Å². The summed E-state index contributed by atoms with van der Waals surface area (Å²) in [6.45, 7) is 1.17. The van der Waals surface area contributed by atoms with Gasteiger partial charge in [-0.05, 0) is 0 Å². The van der Waals surface area contributed by atoms with Crippen molar-refractivity contribution in [2.75, 3.05) is 20.6 Å². The molecule has 0 saturated heterocycles. The Morgan fingerprint density at radius 2 is 2.12 bits per heavy atom. The van der Waals surface area contributed by atoms with Crippen LogP contribution in [0.3, 0.4) is 0 Å². The van der Waals surface area contributed by atoms with Gasteiger partial charge in [-0.1, -0.05) is 5.10 Å². The van der Waals surface area contributed by atoms with Crippen LogP contribution in [0.25, 0.3) is 0 Å². The van der Waals surface area contributed by atoms with Crippen LogP contribution in [0, 0.1) is 0 Å². The first-order valence-corrected chi connectivity index (χ1v) is 2.58. The molecule has 0 aliphatic carbocycles. The second-order valence-electron chi connectivity index (χ2n) is 2.43. The summed E-state index contributed by atoms with van der Waals surface area (Å²) in [5.74, 6) is 0. The van der Waals surface area contributed by atoms with Crippen LogP contribution in [-0.2, 0) is 0 Å². The van der Waals surface area contributed by atoms with Crippen LogP contribution in [0.1, 0.15) is 6.42 Å². The lowest BCUT2D eigenvalue weighted by molar-refractivity contribution is -0.890. The van der Waals surface area contributed by atoms with Crippen LogP contribution in [0.5, 0.6) is 0 Å². The second-order valence-corrected chi connectivity index (χ2v) is 2.43. The maximum atomic E-state index is 4.18. The molecule has 0 spiro atoms. The first-order valence-electron chi connectivity index (χ1n) is 2.58. The van der Waals surface area contributed by atoms with Crippen molar-refractivity contribution >= 4 is 6.21 Å². The zero-order valence-electron chi connectivity index (χ0n) is 5.26. The normalized spacial score (nSPS) is 22.8. The Hall–Kier alpha value is -0.0800. The first-order chi connectivity index (χ1) is 3.21. The highest BCUT2D eigenvalue weighted by Gasteiger charge is 2.16. The Balaban J connectivity index is 0.000000490. The average molecular weight is 135 g/mol. The first kappa shape index (κ1) is 7.92. The van der Waals surface area contributed by atoms with Gasteiger partial charge in [0.1, 0.15) is 6.54 Å². The van der Waals surface area contributed by atoms with Gasteiger partial charge in [0.05, 0.1) is 20.3 Å². The average Bonchev–Trinajstić information content (AvgIpc) is 1.84. The zero-order chi connectivity index (χ0) is 5.33. The van der Waals surface area contributed by atoms with Gasteiger partial charge < -0.3 is 12.4 Å². The summed E-state index contributed by atoms with van der Waals surface area (Å²) in [6, 6.07) is 0. The number of rotatable bonds is 0. The lowest BCUT2D eigenvalue weighted by Crippen LogP contribution is -3.00. The van der Waals surface area contributed by atoms with E-state index in [0.717, 1.165) is 11.0 Å². The highest BCUT2D eigenvalue weighted by atomic mass is 35.5. The van der Waals surface area contributed by atoms with E-state index in [-0.39, 0.29) is 12.4 Å². The molecule has 0 radical (unpaired) electrons. The van der Waals surface area contributed by atoms with E-state index in [9.17, 15) is 0 Å². The van der Waals surface area contributed by atoms with Gasteiger partial charge in [0, 0.05) is 6.42 Å². The number of halogens is 1. The van der Waals surface area contributed by atoms with Crippen molar-refractivity contribution in [2.45, 2.75) is 6.42 Å². The molecule has 0 amide bonds. The zero-order valence-corrected chi connectivity index (χ0v) is 6.02. The summed E-state index contributed by atoms with van der Waals surface area (Å²) in [7, 11) is 4.20. The Kier molecular flexibility index (Phi) is 2.44. The summed E-state index contributed by atoms with van der Waals surface area (Å²) in [4.78, 5) is 0. The number of hydrogen-bond donors (Lipinski definition) is 0. The molecule has 48 valence electrons. The summed E-state index contributed by atoms with van der Waals surface area (Å²) in [5.41, 5.74) is 0. The molecule has 0 aromatic carbocycles. The molecular weight excluding hydrogens is 124 g/mol. The van der Waals surface area contributed by atoms with Crippen molar-refractivity contribution in [3.63, 3.8) is 0 Å². The maximum Gasteiger partial charge on any atom is 0.108 e. The third kappa shape index (κ3) is 1.80. The Bertz CT molecular complexity index is 98.6. The maximum absolute atomic E-state index is 4.18. The van der Waals surface area contributed by atoms with Crippen molar-refractivity contribution in [3.8, 4) is 0 Å². The van der Waals surface area contributed by atoms with Gasteiger partial charge >= 0.3 is 0 Å². The molecule has 8 heavy (non-hydrogen) atoms. The SMILES string of the molecule is C[N+]1(C)CCC=N1.[Cl-]. The van der Waals surface area contributed by atoms with Crippen molar-refractivity contribution in [2.24, 2.45) is 5.10 Å². The third-order valence-corrected chi connectivity index (χ3v) is 1.20. The van der Waals surface area contributed by atoms with E-state index in [4.69, 9.17) is 0 Å². The molecule has 1 rings (SSSR count). The molecule has 0 unspecified atom stereocenters. The van der Waals surface area contributed by atoms with E-state index < -0.39 is 0 Å². The van der Waals surface area contributed by atoms with Crippen molar-refractivity contribution in [3.05, 3.63) is 0 Å². The van der Waals surface area contributed by atoms with E-state index in [1.165, 1.54) is 6.54 Å². The molecule has 2 nitrogen and oxygen atoms in total. The van der Waals surface area contributed by atoms with E-state index in [1.54, 1.807) is 0 Å². The highest BCUT2D eigenvalue weighted by molar-refractivity contribution is 5.57. The smallest absolute Gasteiger partial charge is 0.108 e. The molecule has 0 fully saturated rings. The van der Waals surface area contributed by atoms with Gasteiger partial charge in [0.25, 0.3) is 0 Å². The molecular formula is C5H11ClN2. The van der Waals surface area contributed by atoms with Gasteiger partial charge in [0.2, 0.25) is 0 Å². The quantitative estimate of drug-likeness (QED) is 0.324. The Labute approximate surface area is 56.2 Å². The van der Waals surface area contributed by atoms with Gasteiger partial charge in [-0.25, -0.2) is 4.59 Å². The molecule has 3 heteroatoms. The molecule has 0 aromatic rings. The Morgan fingerprint density at radius 1 is 1.50 bits per heavy atom. The molecule has 0 N–H and O–H groups in total. The van der Waals surface area contributed by atoms with E-state index in [2.05, 4.69) is 19.2 Å². The standard InChI is InChI=1S/C5H11N2.ClH/c1-7(2)5-3-4-6-7;/h4H,3,5H2,1-2H3;1H/q+1;/p-1. The van der Waals surface area contributed by atoms with Crippen LogP contribution < -0.4 is 12.4 Å². The summed E-state index contributed by atoms with van der Waals surface area (Å²) < 4.78 is 0.819. The number of nitrogens with zero attached hydrogens (tertiary/aromatic N) is 2. The van der Waals surface area contributed by atoms with Crippen molar-refractivity contribution in [1.82, 2.24) is 0 Å². The minimum Gasteiger partial charge on any atom is -1.00 e. The lowest BCUT2D eigenvalue weighted by atomic mass is 10.5. The second kappa shape index (κ2) is 2.46. The molecule has 0 saturated carbocycles. The monoisotopic (exact) mass is 134 g/mol. The fraction of sp³-hybridized carbons (Fsp3) is 0.800. The molecule has 1 heterocycles. The topological polar surface area (TPSA) is 12.4 Å². The predicted molar refractivity (Wildman–Crippen MR) is 30.1 cm³/mol. The van der Waals surface area contributed by atoms with Crippen LogP contribution in [0.2, 0.25) is 0 Å². The van der Waals surface area contributed by atoms with Crippen LogP contribution >= 0.6 is 0 Å². The van der Waals surface area contributed by atoms with Gasteiger partial charge in [-0.2, -0.15) is 0 Å². The fourth-order valence-electron chi connectivity index (χ4n) is 0.710. The minimum absolute atomic E-state index is 0. The van der Waals surface area contributed by atoms with Gasteiger partial charge in [0.15, 0.2) is 0 Å². The highest BCUT2D eigenvalue weighted by Crippen LogP contribution is 2.04. The molecule has 1 aliphatic heterocycles. The molecule has 0 aromatic heterocycles. The molecule has 1 aliphatic rings. The minimum atomic E-state index is 0. The van der Waals surface area contributed by atoms with E-state index in [0.29, 0.717) is 0 Å². The fourth-order valence-corrected chi connectivity index (χ4v) is 0.710. The van der Waals surface area contributed by atoms with Crippen LogP contribution in [0.4, 0.5) is 0 Å². The van der Waals surface area contributed by atoms with Crippen molar-refractivity contribution in [1.29, 1.82) is 0 Å². The van der Waals surface area contributed by atoms with Crippen LogP contribution in [0.15, 0.2) is 5.10 Å². The number of quaternary nitrogens is 1. The third-order valence-electron chi connectivity index (χ3n) is 1.20. The largest absolute Gasteiger partial charge is 1.00 e. The van der Waals surface area contributed by atoms with Gasteiger partial charge in [-0.3, -0.25) is 0 Å². The predicted octanol–water partition coefficient (Wildman–Crippen LogP) is -2.54. The lowest BCUT2D eigenvalue weighted by Gasteiger charge is -2.14. The molecule has 0 atom stereocenters. The summed E-state index contributed by atoms with van der Waals surface area (Å²) in [5, 5.41) is 4.18. The molecule has 0 bridgehead atoms. The number of hydrogen-bond acceptors (Lipinski definition) is 1. The van der Waals surface area contributed by atoms with E-state index in [1.807, 2.05) is 6.21 Å². The van der Waals surface area contributed by atoms with Crippen molar-refractivity contribution < 1.29 is 17.0 Å². The van der Waals surface area contributed by atoms with Crippen LogP contribution in [-0.4, -0.2) is 31.4 Å². The summed E-state index contributed by atoms with van der Waals surface area (Å²) >= 11 is 0. The van der Waals surface area contributed by atoms with Gasteiger partial charge in [-0.15, -0.1) is 0 Å². The summed E-state index contributed by atoms with van der Waals surface area (Å²) in [6.07, 6.45) is 3.13. The Morgan fingerprint density at radius 3 is 2.25 bits per heavy atom.